The third-order valence-electron chi connectivity index (χ3n) is 6.03. The fraction of sp³-hybridized carbons (Fsp3) is 0.207. The summed E-state index contributed by atoms with van der Waals surface area (Å²) in [5, 5.41) is 5.57. The van der Waals surface area contributed by atoms with Crippen molar-refractivity contribution >= 4 is 40.7 Å². The van der Waals surface area contributed by atoms with Gasteiger partial charge in [-0.3, -0.25) is 28.9 Å². The van der Waals surface area contributed by atoms with Crippen LogP contribution in [0.4, 0.5) is 11.4 Å². The van der Waals surface area contributed by atoms with Gasteiger partial charge in [-0.2, -0.15) is 0 Å². The highest BCUT2D eigenvalue weighted by Crippen LogP contribution is 2.30. The van der Waals surface area contributed by atoms with Gasteiger partial charge in [0.2, 0.25) is 5.91 Å². The number of rotatable bonds is 10. The van der Waals surface area contributed by atoms with Gasteiger partial charge in [0.1, 0.15) is 19.1 Å². The van der Waals surface area contributed by atoms with Crippen molar-refractivity contribution < 1.29 is 28.7 Å². The molecule has 194 valence electrons. The summed E-state index contributed by atoms with van der Waals surface area (Å²) in [6, 6.07) is 24.4. The van der Waals surface area contributed by atoms with Crippen LogP contribution in [0.15, 0.2) is 84.9 Å². The first-order valence-electron chi connectivity index (χ1n) is 12.1. The van der Waals surface area contributed by atoms with Gasteiger partial charge in [-0.1, -0.05) is 60.7 Å². The van der Waals surface area contributed by atoms with Gasteiger partial charge >= 0.3 is 5.97 Å². The maximum absolute atomic E-state index is 13.5. The summed E-state index contributed by atoms with van der Waals surface area (Å²) in [7, 11) is 0. The van der Waals surface area contributed by atoms with Gasteiger partial charge < -0.3 is 15.4 Å². The van der Waals surface area contributed by atoms with E-state index in [-0.39, 0.29) is 19.7 Å². The Morgan fingerprint density at radius 1 is 0.895 bits per heavy atom. The molecule has 0 radical (unpaired) electrons. The number of para-hydroxylation sites is 2. The van der Waals surface area contributed by atoms with Crippen LogP contribution in [-0.2, 0) is 30.5 Å². The molecule has 0 aromatic heterocycles. The Labute approximate surface area is 219 Å². The Morgan fingerprint density at radius 3 is 2.29 bits per heavy atom. The SMILES string of the molecule is O=C(CNC(=O)c1ccccc1)CC(=O)[C@@H]1CNc2ccccc2N(CC(=O)OCc2ccccc2)C1=O. The van der Waals surface area contributed by atoms with Crippen LogP contribution in [0.3, 0.4) is 0 Å². The summed E-state index contributed by atoms with van der Waals surface area (Å²) in [5.41, 5.74) is 2.21. The molecule has 1 aliphatic heterocycles. The van der Waals surface area contributed by atoms with Crippen LogP contribution in [0.2, 0.25) is 0 Å². The fourth-order valence-electron chi connectivity index (χ4n) is 4.04. The number of anilines is 2. The number of Topliss-reactive ketones (excluding diaryl/α,β-unsaturated/α-hetero) is 2. The van der Waals surface area contributed by atoms with Crippen LogP contribution in [0.25, 0.3) is 0 Å². The number of esters is 1. The lowest BCUT2D eigenvalue weighted by molar-refractivity contribution is -0.145. The molecule has 1 aliphatic rings. The second-order valence-corrected chi connectivity index (χ2v) is 8.75. The number of nitrogens with one attached hydrogen (secondary N) is 2. The zero-order valence-corrected chi connectivity index (χ0v) is 20.6. The van der Waals surface area contributed by atoms with E-state index in [1.54, 1.807) is 54.6 Å². The molecule has 3 aromatic rings. The molecule has 9 nitrogen and oxygen atoms in total. The molecule has 0 bridgehead atoms. The van der Waals surface area contributed by atoms with Crippen LogP contribution >= 0.6 is 0 Å². The second-order valence-electron chi connectivity index (χ2n) is 8.75. The number of ketones is 2. The number of ether oxygens (including phenoxy) is 1. The standard InChI is InChI=1S/C29H27N3O6/c33-22(16-31-28(36)21-11-5-2-6-12-21)15-26(34)23-17-30-24-13-7-8-14-25(24)32(29(23)37)18-27(35)38-19-20-9-3-1-4-10-20/h1-14,23,30H,15-19H2,(H,31,36)/t23-/m0/s1. The van der Waals surface area contributed by atoms with Gasteiger partial charge in [-0.15, -0.1) is 0 Å². The van der Waals surface area contributed by atoms with Crippen LogP contribution in [0.5, 0.6) is 0 Å². The summed E-state index contributed by atoms with van der Waals surface area (Å²) in [4.78, 5) is 65.0. The predicted molar refractivity (Wildman–Crippen MR) is 140 cm³/mol. The van der Waals surface area contributed by atoms with Crippen LogP contribution in [0, 0.1) is 5.92 Å². The number of hydrogen-bond donors (Lipinski definition) is 2. The minimum atomic E-state index is -1.20. The lowest BCUT2D eigenvalue weighted by atomic mass is 9.98. The number of nitrogens with zero attached hydrogens (tertiary/aromatic N) is 1. The number of hydrogen-bond acceptors (Lipinski definition) is 7. The van der Waals surface area contributed by atoms with Crippen molar-refractivity contribution in [1.82, 2.24) is 5.32 Å². The third kappa shape index (κ3) is 6.70. The van der Waals surface area contributed by atoms with E-state index >= 15 is 0 Å². The zero-order chi connectivity index (χ0) is 26.9. The predicted octanol–water partition coefficient (Wildman–Crippen LogP) is 2.76. The normalized spacial score (nSPS) is 14.5. The Balaban J connectivity index is 1.40. The average molecular weight is 514 g/mol. The topological polar surface area (TPSA) is 122 Å². The quantitative estimate of drug-likeness (QED) is 0.316. The molecule has 0 aliphatic carbocycles. The minimum Gasteiger partial charge on any atom is -0.459 e. The minimum absolute atomic E-state index is 0.0338. The molecule has 0 fully saturated rings. The lowest BCUT2D eigenvalue weighted by Crippen LogP contribution is -2.44. The summed E-state index contributed by atoms with van der Waals surface area (Å²) >= 11 is 0. The van der Waals surface area contributed by atoms with E-state index < -0.39 is 48.2 Å². The molecule has 0 spiro atoms. The van der Waals surface area contributed by atoms with Crippen molar-refractivity contribution in [2.45, 2.75) is 13.0 Å². The number of carbonyl (C=O) groups excluding carboxylic acids is 5. The van der Waals surface area contributed by atoms with Crippen LogP contribution in [-0.4, -0.2) is 49.0 Å². The molecule has 1 atom stereocenters. The van der Waals surface area contributed by atoms with Crippen molar-refractivity contribution in [3.05, 3.63) is 96.1 Å². The van der Waals surface area contributed by atoms with E-state index in [1.165, 1.54) is 4.90 Å². The molecule has 1 heterocycles. The van der Waals surface area contributed by atoms with Crippen LogP contribution in [0.1, 0.15) is 22.3 Å². The Bertz CT molecular complexity index is 1330. The highest BCUT2D eigenvalue weighted by atomic mass is 16.5. The summed E-state index contributed by atoms with van der Waals surface area (Å²) in [6.45, 7) is -0.722. The number of amides is 2. The van der Waals surface area contributed by atoms with Crippen molar-refractivity contribution in [2.24, 2.45) is 5.92 Å². The van der Waals surface area contributed by atoms with E-state index in [4.69, 9.17) is 4.74 Å². The highest BCUT2D eigenvalue weighted by molar-refractivity contribution is 6.16. The molecule has 38 heavy (non-hydrogen) atoms. The molecule has 0 saturated carbocycles. The molecular formula is C29H27N3O6. The van der Waals surface area contributed by atoms with Gasteiger partial charge in [0.05, 0.1) is 24.3 Å². The monoisotopic (exact) mass is 513 g/mol. The second kappa shape index (κ2) is 12.4. The largest absolute Gasteiger partial charge is 0.459 e. The Kier molecular flexibility index (Phi) is 8.61. The van der Waals surface area contributed by atoms with Crippen LogP contribution < -0.4 is 15.5 Å². The van der Waals surface area contributed by atoms with Crippen molar-refractivity contribution in [1.29, 1.82) is 0 Å². The average Bonchev–Trinajstić information content (AvgIpc) is 3.08. The van der Waals surface area contributed by atoms with E-state index in [1.807, 2.05) is 30.3 Å². The van der Waals surface area contributed by atoms with Gasteiger partial charge in [-0.05, 0) is 29.8 Å². The smallest absolute Gasteiger partial charge is 0.326 e. The summed E-state index contributed by atoms with van der Waals surface area (Å²) in [6.07, 6.45) is -0.532. The number of carbonyl (C=O) groups is 5. The van der Waals surface area contributed by atoms with Gasteiger partial charge in [0.15, 0.2) is 11.6 Å². The first-order valence-corrected chi connectivity index (χ1v) is 12.1. The van der Waals surface area contributed by atoms with E-state index in [2.05, 4.69) is 10.6 Å². The van der Waals surface area contributed by atoms with Gasteiger partial charge in [-0.25, -0.2) is 0 Å². The zero-order valence-electron chi connectivity index (χ0n) is 20.6. The maximum atomic E-state index is 13.5. The van der Waals surface area contributed by atoms with Crippen molar-refractivity contribution in [2.75, 3.05) is 29.9 Å². The fourth-order valence-corrected chi connectivity index (χ4v) is 4.04. The molecule has 0 saturated heterocycles. The van der Waals surface area contributed by atoms with Gasteiger partial charge in [0, 0.05) is 12.1 Å². The molecule has 3 aromatic carbocycles. The summed E-state index contributed by atoms with van der Waals surface area (Å²) in [5.74, 6) is -4.00. The van der Waals surface area contributed by atoms with Crippen molar-refractivity contribution in [3.63, 3.8) is 0 Å². The molecular weight excluding hydrogens is 486 g/mol. The first kappa shape index (κ1) is 26.3. The highest BCUT2D eigenvalue weighted by Gasteiger charge is 2.36. The van der Waals surface area contributed by atoms with E-state index in [0.29, 0.717) is 16.9 Å². The maximum Gasteiger partial charge on any atom is 0.326 e. The van der Waals surface area contributed by atoms with E-state index in [0.717, 1.165) is 5.56 Å². The molecule has 4 rings (SSSR count). The molecule has 0 unspecified atom stereocenters. The van der Waals surface area contributed by atoms with Gasteiger partial charge in [0.25, 0.3) is 5.91 Å². The Morgan fingerprint density at radius 2 is 1.55 bits per heavy atom. The third-order valence-corrected chi connectivity index (χ3v) is 6.03. The molecule has 9 heteroatoms. The lowest BCUT2D eigenvalue weighted by Gasteiger charge is -2.23. The molecule has 2 N–H and O–H groups in total. The number of benzene rings is 3. The van der Waals surface area contributed by atoms with Crippen molar-refractivity contribution in [3.8, 4) is 0 Å². The molecule has 2 amide bonds. The first-order chi connectivity index (χ1) is 18.4. The van der Waals surface area contributed by atoms with E-state index in [9.17, 15) is 24.0 Å². The summed E-state index contributed by atoms with van der Waals surface area (Å²) < 4.78 is 5.35. The Hall–Kier alpha value is -4.79. The number of fused-ring (bicyclic) bond motifs is 1.